The molecule has 10 heavy (non-hydrogen) atoms. The Morgan fingerprint density at radius 1 is 1.70 bits per heavy atom. The van der Waals surface area contributed by atoms with Crippen molar-refractivity contribution in [2.75, 3.05) is 26.4 Å². The smallest absolute Gasteiger partial charge is 0.104 e. The summed E-state index contributed by atoms with van der Waals surface area (Å²) in [7, 11) is 0. The molecule has 0 radical (unpaired) electrons. The van der Waals surface area contributed by atoms with E-state index in [4.69, 9.17) is 19.7 Å². The predicted octanol–water partition coefficient (Wildman–Crippen LogP) is -1.24. The zero-order valence-electron chi connectivity index (χ0n) is 5.69. The van der Waals surface area contributed by atoms with Gasteiger partial charge in [-0.1, -0.05) is 0 Å². The lowest BCUT2D eigenvalue weighted by atomic mass is 10.4. The van der Waals surface area contributed by atoms with Crippen LogP contribution in [-0.4, -0.2) is 48.8 Å². The average Bonchev–Trinajstić information content (AvgIpc) is 2.71. The van der Waals surface area contributed by atoms with Crippen molar-refractivity contribution in [2.24, 2.45) is 0 Å². The first kappa shape index (κ1) is 7.94. The predicted molar refractivity (Wildman–Crippen MR) is 33.7 cm³/mol. The van der Waals surface area contributed by atoms with Gasteiger partial charge in [0.2, 0.25) is 0 Å². The number of epoxide rings is 1. The molecule has 0 aliphatic carbocycles. The van der Waals surface area contributed by atoms with Gasteiger partial charge in [-0.15, -0.1) is 0 Å². The van der Waals surface area contributed by atoms with E-state index in [1.807, 2.05) is 0 Å². The van der Waals surface area contributed by atoms with Gasteiger partial charge in [0.15, 0.2) is 0 Å². The molecule has 1 rings (SSSR count). The Bertz CT molecular complexity index is 91.7. The van der Waals surface area contributed by atoms with Crippen LogP contribution in [0.3, 0.4) is 0 Å². The summed E-state index contributed by atoms with van der Waals surface area (Å²) in [6.45, 7) is 1.23. The molecule has 60 valence electrons. The van der Waals surface area contributed by atoms with Gasteiger partial charge in [-0.25, -0.2) is 0 Å². The largest absolute Gasteiger partial charge is 0.394 e. The van der Waals surface area contributed by atoms with Crippen LogP contribution >= 0.6 is 0 Å². The summed E-state index contributed by atoms with van der Waals surface area (Å²) in [6, 6.07) is 0. The molecule has 4 nitrogen and oxygen atoms in total. The van der Waals surface area contributed by atoms with E-state index >= 15 is 0 Å². The second kappa shape index (κ2) is 3.88. The number of rotatable bonds is 5. The van der Waals surface area contributed by atoms with Crippen molar-refractivity contribution in [3.63, 3.8) is 0 Å². The Morgan fingerprint density at radius 3 is 2.90 bits per heavy atom. The molecule has 1 saturated heterocycles. The molecular formula is C6H12O4. The molecule has 2 atom stereocenters. The van der Waals surface area contributed by atoms with Gasteiger partial charge >= 0.3 is 0 Å². The fraction of sp³-hybridized carbons (Fsp3) is 1.00. The monoisotopic (exact) mass is 148 g/mol. The molecule has 4 heteroatoms. The van der Waals surface area contributed by atoms with Crippen LogP contribution in [0.25, 0.3) is 0 Å². The van der Waals surface area contributed by atoms with Crippen LogP contribution in [0, 0.1) is 0 Å². The second-order valence-electron chi connectivity index (χ2n) is 2.33. The summed E-state index contributed by atoms with van der Waals surface area (Å²) >= 11 is 0. The first-order chi connectivity index (χ1) is 4.83. The van der Waals surface area contributed by atoms with E-state index in [0.717, 1.165) is 6.61 Å². The number of hydrogen-bond acceptors (Lipinski definition) is 4. The minimum atomic E-state index is -0.751. The first-order valence-electron chi connectivity index (χ1n) is 3.31. The van der Waals surface area contributed by atoms with Gasteiger partial charge in [0.25, 0.3) is 0 Å². The molecular weight excluding hydrogens is 136 g/mol. The van der Waals surface area contributed by atoms with E-state index in [2.05, 4.69) is 0 Å². The van der Waals surface area contributed by atoms with Crippen LogP contribution < -0.4 is 0 Å². The quantitative estimate of drug-likeness (QED) is 0.478. The number of ether oxygens (including phenoxy) is 2. The van der Waals surface area contributed by atoms with Crippen molar-refractivity contribution in [3.8, 4) is 0 Å². The van der Waals surface area contributed by atoms with Crippen LogP contribution in [0.1, 0.15) is 0 Å². The van der Waals surface area contributed by atoms with Crippen molar-refractivity contribution >= 4 is 0 Å². The maximum atomic E-state index is 8.78. The molecule has 0 aromatic rings. The molecule has 1 aliphatic rings. The van der Waals surface area contributed by atoms with E-state index in [1.54, 1.807) is 0 Å². The second-order valence-corrected chi connectivity index (χ2v) is 2.33. The van der Waals surface area contributed by atoms with Crippen LogP contribution in [0.5, 0.6) is 0 Å². The minimum Gasteiger partial charge on any atom is -0.394 e. The fourth-order valence-corrected chi connectivity index (χ4v) is 0.552. The van der Waals surface area contributed by atoms with E-state index in [1.165, 1.54) is 0 Å². The Kier molecular flexibility index (Phi) is 3.08. The first-order valence-corrected chi connectivity index (χ1v) is 3.31. The van der Waals surface area contributed by atoms with Crippen molar-refractivity contribution in [1.29, 1.82) is 0 Å². The molecule has 1 heterocycles. The molecule has 1 fully saturated rings. The van der Waals surface area contributed by atoms with Gasteiger partial charge in [0, 0.05) is 0 Å². The lowest BCUT2D eigenvalue weighted by Gasteiger charge is -2.05. The molecule has 0 aromatic heterocycles. The highest BCUT2D eigenvalue weighted by atomic mass is 16.6. The summed E-state index contributed by atoms with van der Waals surface area (Å²) in [5, 5.41) is 17.1. The molecule has 0 bridgehead atoms. The van der Waals surface area contributed by atoms with E-state index < -0.39 is 6.10 Å². The summed E-state index contributed by atoms with van der Waals surface area (Å²) in [5.74, 6) is 0. The zero-order chi connectivity index (χ0) is 7.40. The molecule has 0 amide bonds. The summed E-state index contributed by atoms with van der Waals surface area (Å²) < 4.78 is 9.83. The van der Waals surface area contributed by atoms with E-state index in [9.17, 15) is 0 Å². The lowest BCUT2D eigenvalue weighted by molar-refractivity contribution is 0.00216. The zero-order valence-corrected chi connectivity index (χ0v) is 5.69. The lowest BCUT2D eigenvalue weighted by Crippen LogP contribution is -2.20. The Labute approximate surface area is 59.4 Å². The maximum Gasteiger partial charge on any atom is 0.104 e. The summed E-state index contributed by atoms with van der Waals surface area (Å²) in [4.78, 5) is 0. The van der Waals surface area contributed by atoms with Crippen LogP contribution in [-0.2, 0) is 9.47 Å². The van der Waals surface area contributed by atoms with Crippen LogP contribution in [0.4, 0.5) is 0 Å². The minimum absolute atomic E-state index is 0.191. The third kappa shape index (κ3) is 3.12. The number of hydrogen-bond donors (Lipinski definition) is 2. The Hall–Kier alpha value is -0.160. The van der Waals surface area contributed by atoms with Crippen LogP contribution in [0.2, 0.25) is 0 Å². The van der Waals surface area contributed by atoms with Gasteiger partial charge in [-0.2, -0.15) is 0 Å². The Balaban J connectivity index is 1.83. The van der Waals surface area contributed by atoms with Gasteiger partial charge < -0.3 is 19.7 Å². The number of aliphatic hydroxyl groups excluding tert-OH is 2. The topological polar surface area (TPSA) is 62.2 Å². The van der Waals surface area contributed by atoms with E-state index in [0.29, 0.717) is 6.61 Å². The molecule has 1 aliphatic heterocycles. The third-order valence-electron chi connectivity index (χ3n) is 1.23. The maximum absolute atomic E-state index is 8.78. The SMILES string of the molecule is OC[C@@H](O)COC[C@H]1CO1. The van der Waals surface area contributed by atoms with Crippen molar-refractivity contribution in [3.05, 3.63) is 0 Å². The third-order valence-corrected chi connectivity index (χ3v) is 1.23. The molecule has 0 aromatic carbocycles. The molecule has 0 unspecified atom stereocenters. The normalized spacial score (nSPS) is 26.4. The van der Waals surface area contributed by atoms with Crippen molar-refractivity contribution in [1.82, 2.24) is 0 Å². The van der Waals surface area contributed by atoms with Gasteiger partial charge in [0.05, 0.1) is 26.4 Å². The highest BCUT2D eigenvalue weighted by molar-refractivity contribution is 4.67. The van der Waals surface area contributed by atoms with Crippen molar-refractivity contribution in [2.45, 2.75) is 12.2 Å². The number of aliphatic hydroxyl groups is 2. The standard InChI is InChI=1S/C6H12O4/c7-1-5(8)2-9-3-6-4-10-6/h5-8H,1-4H2/t5-,6+/m1/s1. The Morgan fingerprint density at radius 2 is 2.40 bits per heavy atom. The van der Waals surface area contributed by atoms with Gasteiger partial charge in [-0.3, -0.25) is 0 Å². The fourth-order valence-electron chi connectivity index (χ4n) is 0.552. The van der Waals surface area contributed by atoms with Gasteiger partial charge in [0.1, 0.15) is 12.2 Å². The highest BCUT2D eigenvalue weighted by Gasteiger charge is 2.22. The average molecular weight is 148 g/mol. The molecule has 0 spiro atoms. The molecule has 0 saturated carbocycles. The highest BCUT2D eigenvalue weighted by Crippen LogP contribution is 2.08. The summed E-state index contributed by atoms with van der Waals surface area (Å²) in [6.07, 6.45) is -0.523. The van der Waals surface area contributed by atoms with Crippen molar-refractivity contribution < 1.29 is 19.7 Å². The van der Waals surface area contributed by atoms with E-state index in [-0.39, 0.29) is 19.3 Å². The van der Waals surface area contributed by atoms with Gasteiger partial charge in [-0.05, 0) is 0 Å². The summed E-state index contributed by atoms with van der Waals surface area (Å²) in [5.41, 5.74) is 0. The van der Waals surface area contributed by atoms with Crippen LogP contribution in [0.15, 0.2) is 0 Å². The molecule has 2 N–H and O–H groups in total.